The van der Waals surface area contributed by atoms with Crippen LogP contribution in [0.5, 0.6) is 0 Å². The number of nitro benzene ring substituents is 1. The minimum atomic E-state index is -1.26. The molecule has 1 aromatic heterocycles. The summed E-state index contributed by atoms with van der Waals surface area (Å²) in [6.07, 6.45) is 0. The second kappa shape index (κ2) is 8.29. The van der Waals surface area contributed by atoms with E-state index >= 15 is 0 Å². The van der Waals surface area contributed by atoms with Crippen molar-refractivity contribution in [3.05, 3.63) is 142 Å². The molecule has 1 N–H and O–H groups in total. The monoisotopic (exact) mass is 449 g/mol. The molecule has 34 heavy (non-hydrogen) atoms. The third-order valence-corrected chi connectivity index (χ3v) is 5.97. The Kier molecular flexibility index (Phi) is 5.14. The number of non-ortho nitro benzene ring substituents is 1. The largest absolute Gasteiger partial charge is 0.476 e. The molecule has 0 aliphatic rings. The van der Waals surface area contributed by atoms with Crippen LogP contribution >= 0.6 is 0 Å². The summed E-state index contributed by atoms with van der Waals surface area (Å²) in [7, 11) is 0. The van der Waals surface area contributed by atoms with Crippen molar-refractivity contribution in [3.8, 4) is 0 Å². The van der Waals surface area contributed by atoms with E-state index in [1.54, 1.807) is 10.7 Å². The van der Waals surface area contributed by atoms with E-state index in [0.717, 1.165) is 16.7 Å². The highest BCUT2D eigenvalue weighted by Gasteiger charge is 2.41. The number of benzene rings is 4. The zero-order valence-corrected chi connectivity index (χ0v) is 17.9. The van der Waals surface area contributed by atoms with Crippen LogP contribution in [0.1, 0.15) is 27.2 Å². The van der Waals surface area contributed by atoms with Gasteiger partial charge >= 0.3 is 5.97 Å². The Labute approximate surface area is 194 Å². The van der Waals surface area contributed by atoms with Crippen molar-refractivity contribution < 1.29 is 14.8 Å². The van der Waals surface area contributed by atoms with Crippen molar-refractivity contribution in [2.45, 2.75) is 5.54 Å². The van der Waals surface area contributed by atoms with Gasteiger partial charge in [0.25, 0.3) is 5.69 Å². The van der Waals surface area contributed by atoms with Gasteiger partial charge in [0.15, 0.2) is 5.69 Å². The molecule has 0 radical (unpaired) electrons. The fourth-order valence-electron chi connectivity index (χ4n) is 4.54. The molecule has 5 rings (SSSR count). The molecule has 0 saturated heterocycles. The number of nitro groups is 1. The molecular weight excluding hydrogens is 430 g/mol. The molecule has 0 saturated carbocycles. The maximum atomic E-state index is 12.2. The average molecular weight is 449 g/mol. The Morgan fingerprint density at radius 2 is 1.26 bits per heavy atom. The standard InChI is InChI=1S/C27H19N3O4/c31-26(32)25-23-18-22(30(33)34)16-17-24(23)29(28-25)27(19-10-4-1-5-11-19,20-12-6-2-7-13-20)21-14-8-3-9-15-21/h1-18H,(H,31,32). The van der Waals surface area contributed by atoms with Crippen LogP contribution in [-0.2, 0) is 5.54 Å². The van der Waals surface area contributed by atoms with Gasteiger partial charge in [0.1, 0.15) is 5.54 Å². The Hall–Kier alpha value is -4.78. The van der Waals surface area contributed by atoms with Gasteiger partial charge in [-0.15, -0.1) is 0 Å². The van der Waals surface area contributed by atoms with Crippen LogP contribution in [0.3, 0.4) is 0 Å². The van der Waals surface area contributed by atoms with Crippen molar-refractivity contribution in [1.82, 2.24) is 9.78 Å². The third-order valence-electron chi connectivity index (χ3n) is 5.97. The van der Waals surface area contributed by atoms with Gasteiger partial charge in [-0.1, -0.05) is 91.0 Å². The molecule has 0 aliphatic heterocycles. The van der Waals surface area contributed by atoms with Gasteiger partial charge in [0.2, 0.25) is 0 Å². The molecule has 0 aliphatic carbocycles. The van der Waals surface area contributed by atoms with Gasteiger partial charge in [-0.3, -0.25) is 10.1 Å². The molecule has 0 bridgehead atoms. The number of nitrogens with zero attached hydrogens (tertiary/aromatic N) is 3. The van der Waals surface area contributed by atoms with Crippen LogP contribution in [0, 0.1) is 10.1 Å². The second-order valence-corrected chi connectivity index (χ2v) is 7.83. The van der Waals surface area contributed by atoms with Crippen LogP contribution in [0.25, 0.3) is 10.9 Å². The lowest BCUT2D eigenvalue weighted by Crippen LogP contribution is -2.38. The van der Waals surface area contributed by atoms with E-state index in [4.69, 9.17) is 0 Å². The maximum absolute atomic E-state index is 12.2. The van der Waals surface area contributed by atoms with Gasteiger partial charge in [0.05, 0.1) is 10.4 Å². The van der Waals surface area contributed by atoms with E-state index < -0.39 is 16.4 Å². The summed E-state index contributed by atoms with van der Waals surface area (Å²) in [5, 5.41) is 26.2. The lowest BCUT2D eigenvalue weighted by Gasteiger charge is -2.37. The first-order valence-corrected chi connectivity index (χ1v) is 10.6. The van der Waals surface area contributed by atoms with Gasteiger partial charge in [-0.2, -0.15) is 5.10 Å². The highest BCUT2D eigenvalue weighted by molar-refractivity contribution is 6.02. The van der Waals surface area contributed by atoms with E-state index in [1.807, 2.05) is 91.0 Å². The van der Waals surface area contributed by atoms with Crippen LogP contribution in [0.15, 0.2) is 109 Å². The SMILES string of the molecule is O=C(O)c1nn(C(c2ccccc2)(c2ccccc2)c2ccccc2)c2ccc([N+](=O)[O-])cc12. The Morgan fingerprint density at radius 3 is 1.68 bits per heavy atom. The highest BCUT2D eigenvalue weighted by atomic mass is 16.6. The van der Waals surface area contributed by atoms with E-state index in [1.165, 1.54) is 12.1 Å². The topological polar surface area (TPSA) is 98.3 Å². The van der Waals surface area contributed by atoms with Crippen LogP contribution in [0.4, 0.5) is 5.69 Å². The van der Waals surface area contributed by atoms with Crippen molar-refractivity contribution in [1.29, 1.82) is 0 Å². The first kappa shape index (κ1) is 21.1. The van der Waals surface area contributed by atoms with Crippen molar-refractivity contribution >= 4 is 22.6 Å². The number of rotatable bonds is 6. The summed E-state index contributed by atoms with van der Waals surface area (Å²) in [5.41, 5.74) is 1.60. The summed E-state index contributed by atoms with van der Waals surface area (Å²) >= 11 is 0. The highest BCUT2D eigenvalue weighted by Crippen LogP contribution is 2.43. The normalized spacial score (nSPS) is 11.4. The fourth-order valence-corrected chi connectivity index (χ4v) is 4.54. The number of aromatic nitrogens is 2. The Balaban J connectivity index is 1.99. The molecule has 0 atom stereocenters. The maximum Gasteiger partial charge on any atom is 0.357 e. The molecule has 4 aromatic carbocycles. The van der Waals surface area contributed by atoms with Crippen molar-refractivity contribution in [2.75, 3.05) is 0 Å². The van der Waals surface area contributed by atoms with Crippen molar-refractivity contribution in [3.63, 3.8) is 0 Å². The number of carboxylic acids is 1. The molecule has 166 valence electrons. The Bertz CT molecular complexity index is 1400. The van der Waals surface area contributed by atoms with E-state index in [2.05, 4.69) is 5.10 Å². The van der Waals surface area contributed by atoms with Gasteiger partial charge in [-0.25, -0.2) is 9.48 Å². The molecular formula is C27H19N3O4. The summed E-state index contributed by atoms with van der Waals surface area (Å²) in [6, 6.07) is 33.3. The predicted octanol–water partition coefficient (Wildman–Crippen LogP) is 5.48. The lowest BCUT2D eigenvalue weighted by molar-refractivity contribution is -0.384. The molecule has 5 aromatic rings. The summed E-state index contributed by atoms with van der Waals surface area (Å²) in [6.45, 7) is 0. The number of hydrogen-bond acceptors (Lipinski definition) is 4. The third kappa shape index (κ3) is 3.22. The van der Waals surface area contributed by atoms with Gasteiger partial charge < -0.3 is 5.11 Å². The molecule has 0 amide bonds. The van der Waals surface area contributed by atoms with Crippen LogP contribution < -0.4 is 0 Å². The van der Waals surface area contributed by atoms with Crippen molar-refractivity contribution in [2.24, 2.45) is 0 Å². The lowest BCUT2D eigenvalue weighted by atomic mass is 9.77. The number of aromatic carboxylic acids is 1. The first-order chi connectivity index (χ1) is 16.5. The fraction of sp³-hybridized carbons (Fsp3) is 0.0370. The number of hydrogen-bond donors (Lipinski definition) is 1. The second-order valence-electron chi connectivity index (χ2n) is 7.83. The van der Waals surface area contributed by atoms with E-state index in [0.29, 0.717) is 5.52 Å². The molecule has 0 fully saturated rings. The summed E-state index contributed by atoms with van der Waals surface area (Å²) in [4.78, 5) is 23.1. The predicted molar refractivity (Wildman–Crippen MR) is 128 cm³/mol. The van der Waals surface area contributed by atoms with Crippen LogP contribution in [-0.4, -0.2) is 25.8 Å². The van der Waals surface area contributed by atoms with Gasteiger partial charge in [-0.05, 0) is 22.8 Å². The smallest absolute Gasteiger partial charge is 0.357 e. The minimum absolute atomic E-state index is 0.195. The van der Waals surface area contributed by atoms with E-state index in [9.17, 15) is 20.0 Å². The molecule has 1 heterocycles. The average Bonchev–Trinajstić information content (AvgIpc) is 3.26. The van der Waals surface area contributed by atoms with Gasteiger partial charge in [0, 0.05) is 17.5 Å². The summed E-state index contributed by atoms with van der Waals surface area (Å²) in [5.74, 6) is -1.26. The van der Waals surface area contributed by atoms with E-state index in [-0.39, 0.29) is 16.8 Å². The molecule has 0 spiro atoms. The summed E-state index contributed by atoms with van der Waals surface area (Å²) < 4.78 is 1.68. The zero-order chi connectivity index (χ0) is 23.7. The number of carboxylic acid groups (broad SMARTS) is 1. The first-order valence-electron chi connectivity index (χ1n) is 10.6. The molecule has 7 nitrogen and oxygen atoms in total. The Morgan fingerprint density at radius 1 is 0.794 bits per heavy atom. The minimum Gasteiger partial charge on any atom is -0.476 e. The van der Waals surface area contributed by atoms with Crippen LogP contribution in [0.2, 0.25) is 0 Å². The number of fused-ring (bicyclic) bond motifs is 1. The zero-order valence-electron chi connectivity index (χ0n) is 17.9. The molecule has 7 heteroatoms. The number of carbonyl (C=O) groups is 1. The molecule has 0 unspecified atom stereocenters. The quantitative estimate of drug-likeness (QED) is 0.210.